The Morgan fingerprint density at radius 2 is 2.29 bits per heavy atom. The van der Waals surface area contributed by atoms with Crippen LogP contribution in [0.2, 0.25) is 0 Å². The molecule has 14 heavy (non-hydrogen) atoms. The highest BCUT2D eigenvalue weighted by atomic mass is 16.2. The quantitative estimate of drug-likeness (QED) is 0.641. The van der Waals surface area contributed by atoms with Gasteiger partial charge in [0.15, 0.2) is 0 Å². The predicted octanol–water partition coefficient (Wildman–Crippen LogP) is 1.13. The van der Waals surface area contributed by atoms with Crippen molar-refractivity contribution in [2.75, 3.05) is 5.32 Å². The highest BCUT2D eigenvalue weighted by Gasteiger charge is 2.46. The maximum absolute atomic E-state index is 11.7. The zero-order valence-electron chi connectivity index (χ0n) is 7.84. The molecule has 3 heteroatoms. The average molecular weight is 188 g/mol. The van der Waals surface area contributed by atoms with Crippen LogP contribution in [0.3, 0.4) is 0 Å². The normalized spacial score (nSPS) is 28.5. The molecule has 2 aliphatic rings. The van der Waals surface area contributed by atoms with Crippen molar-refractivity contribution in [3.8, 4) is 0 Å². The first-order valence-corrected chi connectivity index (χ1v) is 4.94. The van der Waals surface area contributed by atoms with Crippen LogP contribution in [0.1, 0.15) is 24.0 Å². The Morgan fingerprint density at radius 1 is 1.43 bits per heavy atom. The molecule has 0 spiro atoms. The van der Waals surface area contributed by atoms with Gasteiger partial charge in [-0.1, -0.05) is 12.1 Å². The third-order valence-corrected chi connectivity index (χ3v) is 3.27. The van der Waals surface area contributed by atoms with Crippen molar-refractivity contribution < 1.29 is 4.79 Å². The molecule has 3 nitrogen and oxygen atoms in total. The van der Waals surface area contributed by atoms with Gasteiger partial charge >= 0.3 is 0 Å². The van der Waals surface area contributed by atoms with Crippen LogP contribution in [0, 0.1) is 0 Å². The summed E-state index contributed by atoms with van der Waals surface area (Å²) in [6, 6.07) is 5.97. The molecule has 0 saturated heterocycles. The van der Waals surface area contributed by atoms with Crippen molar-refractivity contribution in [2.45, 2.75) is 24.8 Å². The minimum Gasteiger partial charge on any atom is -0.324 e. The number of hydrogen-bond acceptors (Lipinski definition) is 2. The van der Waals surface area contributed by atoms with Gasteiger partial charge in [0.2, 0.25) is 5.91 Å². The fraction of sp³-hybridized carbons (Fsp3) is 0.364. The highest BCUT2D eigenvalue weighted by Crippen LogP contribution is 2.43. The number of carbonyl (C=O) groups excluding carboxylic acids is 1. The molecule has 1 aliphatic heterocycles. The second kappa shape index (κ2) is 2.36. The zero-order valence-corrected chi connectivity index (χ0v) is 7.84. The maximum atomic E-state index is 11.7. The summed E-state index contributed by atoms with van der Waals surface area (Å²) in [6.07, 6.45) is 2.81. The first-order valence-electron chi connectivity index (χ1n) is 4.94. The lowest BCUT2D eigenvalue weighted by Crippen LogP contribution is -2.45. The molecule has 0 aromatic heterocycles. The molecule has 0 radical (unpaired) electrons. The summed E-state index contributed by atoms with van der Waals surface area (Å²) in [7, 11) is 0. The predicted molar refractivity (Wildman–Crippen MR) is 53.9 cm³/mol. The number of rotatable bonds is 0. The van der Waals surface area contributed by atoms with E-state index in [1.807, 2.05) is 12.1 Å². The van der Waals surface area contributed by atoms with Crippen LogP contribution >= 0.6 is 0 Å². The molecule has 1 aromatic carbocycles. The molecule has 0 fully saturated rings. The lowest BCUT2D eigenvalue weighted by atomic mass is 9.78. The van der Waals surface area contributed by atoms with Gasteiger partial charge in [0.1, 0.15) is 5.54 Å². The van der Waals surface area contributed by atoms with E-state index in [1.165, 1.54) is 5.56 Å². The maximum Gasteiger partial charge on any atom is 0.249 e. The molecule has 3 rings (SSSR count). The topological polar surface area (TPSA) is 55.1 Å². The van der Waals surface area contributed by atoms with Gasteiger partial charge in [-0.2, -0.15) is 0 Å². The third-order valence-electron chi connectivity index (χ3n) is 3.27. The SMILES string of the molecule is NC12CCCc3cccc(c31)NC2=O. The van der Waals surface area contributed by atoms with Crippen LogP contribution in [-0.4, -0.2) is 5.91 Å². The molecule has 72 valence electrons. The minimum atomic E-state index is -0.746. The van der Waals surface area contributed by atoms with Crippen molar-refractivity contribution in [1.29, 1.82) is 0 Å². The van der Waals surface area contributed by atoms with E-state index in [1.54, 1.807) is 0 Å². The number of amides is 1. The van der Waals surface area contributed by atoms with Crippen LogP contribution in [0.15, 0.2) is 18.2 Å². The van der Waals surface area contributed by atoms with Crippen LogP contribution in [0.25, 0.3) is 0 Å². The Bertz CT molecular complexity index is 427. The number of benzene rings is 1. The monoisotopic (exact) mass is 188 g/mol. The fourth-order valence-corrected chi connectivity index (χ4v) is 2.58. The minimum absolute atomic E-state index is 0.0420. The Labute approximate surface area is 82.3 Å². The average Bonchev–Trinajstić information content (AvgIpc) is 2.42. The number of nitrogens with one attached hydrogen (secondary N) is 1. The van der Waals surface area contributed by atoms with Gasteiger partial charge in [-0.05, 0) is 30.9 Å². The lowest BCUT2D eigenvalue weighted by molar-refractivity contribution is -0.121. The van der Waals surface area contributed by atoms with Gasteiger partial charge in [0, 0.05) is 11.3 Å². The van der Waals surface area contributed by atoms with Gasteiger partial charge in [0.25, 0.3) is 0 Å². The summed E-state index contributed by atoms with van der Waals surface area (Å²) in [4.78, 5) is 11.7. The molecule has 1 amide bonds. The summed E-state index contributed by atoms with van der Waals surface area (Å²) in [6.45, 7) is 0. The van der Waals surface area contributed by atoms with Crippen molar-refractivity contribution in [2.24, 2.45) is 5.73 Å². The Balaban J connectivity index is 2.32. The lowest BCUT2D eigenvalue weighted by Gasteiger charge is -2.28. The molecular weight excluding hydrogens is 176 g/mol. The second-order valence-corrected chi connectivity index (χ2v) is 4.12. The smallest absolute Gasteiger partial charge is 0.249 e. The van der Waals surface area contributed by atoms with Crippen LogP contribution in [0.5, 0.6) is 0 Å². The van der Waals surface area contributed by atoms with Crippen LogP contribution in [-0.2, 0) is 16.8 Å². The van der Waals surface area contributed by atoms with E-state index in [0.29, 0.717) is 0 Å². The Hall–Kier alpha value is -1.35. The standard InChI is InChI=1S/C11H12N2O/c12-11-6-2-4-7-3-1-5-8(9(7)11)13-10(11)14/h1,3,5H,2,4,6,12H2,(H,13,14). The Kier molecular flexibility index (Phi) is 1.35. The summed E-state index contributed by atoms with van der Waals surface area (Å²) in [5.74, 6) is -0.0420. The summed E-state index contributed by atoms with van der Waals surface area (Å²) in [5, 5.41) is 2.86. The van der Waals surface area contributed by atoms with Crippen molar-refractivity contribution in [3.05, 3.63) is 29.3 Å². The van der Waals surface area contributed by atoms with Crippen LogP contribution in [0.4, 0.5) is 5.69 Å². The first kappa shape index (κ1) is 8.00. The molecule has 0 bridgehead atoms. The largest absolute Gasteiger partial charge is 0.324 e. The van der Waals surface area contributed by atoms with E-state index < -0.39 is 5.54 Å². The van der Waals surface area contributed by atoms with E-state index in [2.05, 4.69) is 11.4 Å². The van der Waals surface area contributed by atoms with E-state index in [9.17, 15) is 4.79 Å². The van der Waals surface area contributed by atoms with E-state index in [4.69, 9.17) is 5.73 Å². The molecule has 1 aromatic rings. The van der Waals surface area contributed by atoms with Gasteiger partial charge in [-0.25, -0.2) is 0 Å². The van der Waals surface area contributed by atoms with Crippen LogP contribution < -0.4 is 11.1 Å². The molecule has 1 atom stereocenters. The number of anilines is 1. The molecular formula is C11H12N2O. The van der Waals surface area contributed by atoms with Crippen molar-refractivity contribution in [1.82, 2.24) is 0 Å². The van der Waals surface area contributed by atoms with E-state index in [-0.39, 0.29) is 5.91 Å². The number of carbonyl (C=O) groups is 1. The van der Waals surface area contributed by atoms with Gasteiger partial charge in [-0.3, -0.25) is 4.79 Å². The van der Waals surface area contributed by atoms with Gasteiger partial charge < -0.3 is 11.1 Å². The first-order chi connectivity index (χ1) is 6.72. The summed E-state index contributed by atoms with van der Waals surface area (Å²) < 4.78 is 0. The van der Waals surface area contributed by atoms with Gasteiger partial charge in [-0.15, -0.1) is 0 Å². The molecule has 1 unspecified atom stereocenters. The summed E-state index contributed by atoms with van der Waals surface area (Å²) >= 11 is 0. The van der Waals surface area contributed by atoms with Crippen molar-refractivity contribution >= 4 is 11.6 Å². The molecule has 0 saturated carbocycles. The number of aryl methyl sites for hydroxylation is 1. The third kappa shape index (κ3) is 0.780. The Morgan fingerprint density at radius 3 is 3.14 bits per heavy atom. The number of nitrogens with two attached hydrogens (primary N) is 1. The molecule has 1 heterocycles. The zero-order chi connectivity index (χ0) is 9.76. The number of hydrogen-bond donors (Lipinski definition) is 2. The summed E-state index contributed by atoms with van der Waals surface area (Å²) in [5.41, 5.74) is 8.59. The van der Waals surface area contributed by atoms with Crippen molar-refractivity contribution in [3.63, 3.8) is 0 Å². The highest BCUT2D eigenvalue weighted by molar-refractivity contribution is 6.06. The molecule has 1 aliphatic carbocycles. The van der Waals surface area contributed by atoms with E-state index >= 15 is 0 Å². The van der Waals surface area contributed by atoms with E-state index in [0.717, 1.165) is 30.5 Å². The van der Waals surface area contributed by atoms with Gasteiger partial charge in [0.05, 0.1) is 0 Å². The molecule has 3 N–H and O–H groups in total. The fourth-order valence-electron chi connectivity index (χ4n) is 2.58. The second-order valence-electron chi connectivity index (χ2n) is 4.12.